The smallest absolute Gasteiger partial charge is 0.251 e. The molecule has 0 fully saturated rings. The molecule has 3 rings (SSSR count). The van der Waals surface area contributed by atoms with Crippen molar-refractivity contribution in [2.24, 2.45) is 0 Å². The molecular formula is C17H15Br2NO. The van der Waals surface area contributed by atoms with E-state index in [1.165, 1.54) is 5.56 Å². The number of nitrogens with one attached hydrogen (secondary N) is 1. The normalized spacial score (nSPS) is 15.8. The molecule has 1 amide bonds. The van der Waals surface area contributed by atoms with Gasteiger partial charge in [0.15, 0.2) is 0 Å². The third-order valence-electron chi connectivity index (χ3n) is 3.72. The number of amides is 1. The highest BCUT2D eigenvalue weighted by molar-refractivity contribution is 9.10. The number of hydrogen-bond acceptors (Lipinski definition) is 1. The van der Waals surface area contributed by atoms with Crippen molar-refractivity contribution in [2.75, 3.05) is 6.54 Å². The van der Waals surface area contributed by atoms with E-state index in [-0.39, 0.29) is 10.7 Å². The highest BCUT2D eigenvalue weighted by Gasteiger charge is 2.18. The molecule has 2 aromatic rings. The molecule has 108 valence electrons. The fourth-order valence-corrected chi connectivity index (χ4v) is 3.60. The molecule has 0 radical (unpaired) electrons. The zero-order chi connectivity index (χ0) is 14.8. The van der Waals surface area contributed by atoms with Gasteiger partial charge < -0.3 is 5.32 Å². The van der Waals surface area contributed by atoms with Crippen LogP contribution in [-0.2, 0) is 6.42 Å². The minimum Gasteiger partial charge on any atom is -0.352 e. The first kappa shape index (κ1) is 14.8. The largest absolute Gasteiger partial charge is 0.352 e. The molecule has 0 saturated carbocycles. The minimum atomic E-state index is 0.0401. The fourth-order valence-electron chi connectivity index (χ4n) is 2.61. The Morgan fingerprint density at radius 1 is 1.10 bits per heavy atom. The van der Waals surface area contributed by atoms with Gasteiger partial charge in [-0.1, -0.05) is 56.1 Å². The molecule has 4 heteroatoms. The summed E-state index contributed by atoms with van der Waals surface area (Å²) in [6.07, 6.45) is 1.96. The number of rotatable bonds is 2. The molecule has 0 bridgehead atoms. The second kappa shape index (κ2) is 6.32. The van der Waals surface area contributed by atoms with E-state index in [0.29, 0.717) is 0 Å². The van der Waals surface area contributed by atoms with Gasteiger partial charge in [-0.25, -0.2) is 0 Å². The molecule has 1 aliphatic heterocycles. The summed E-state index contributed by atoms with van der Waals surface area (Å²) >= 11 is 7.24. The Morgan fingerprint density at radius 2 is 1.90 bits per heavy atom. The van der Waals surface area contributed by atoms with Crippen LogP contribution in [-0.4, -0.2) is 12.5 Å². The van der Waals surface area contributed by atoms with Crippen molar-refractivity contribution >= 4 is 37.8 Å². The Bertz CT molecular complexity index is 684. The van der Waals surface area contributed by atoms with Crippen LogP contribution in [0.15, 0.2) is 46.9 Å². The summed E-state index contributed by atoms with van der Waals surface area (Å²) in [5.74, 6) is 0.0401. The summed E-state index contributed by atoms with van der Waals surface area (Å²) in [6.45, 7) is 0.756. The predicted octanol–water partition coefficient (Wildman–Crippen LogP) is 4.61. The number of halogens is 2. The van der Waals surface area contributed by atoms with E-state index in [4.69, 9.17) is 0 Å². The number of hydrogen-bond donors (Lipinski definition) is 1. The second-order valence-electron chi connectivity index (χ2n) is 5.19. The maximum absolute atomic E-state index is 12.1. The summed E-state index contributed by atoms with van der Waals surface area (Å²) in [5.41, 5.74) is 4.22. The number of fused-ring (bicyclic) bond motifs is 1. The molecule has 0 aliphatic carbocycles. The van der Waals surface area contributed by atoms with Crippen molar-refractivity contribution < 1.29 is 4.79 Å². The van der Waals surface area contributed by atoms with E-state index in [1.807, 2.05) is 18.2 Å². The zero-order valence-corrected chi connectivity index (χ0v) is 14.6. The maximum Gasteiger partial charge on any atom is 0.251 e. The topological polar surface area (TPSA) is 29.1 Å². The first-order valence-electron chi connectivity index (χ1n) is 6.96. The Morgan fingerprint density at radius 3 is 2.71 bits per heavy atom. The number of aryl methyl sites for hydroxylation is 1. The van der Waals surface area contributed by atoms with Crippen molar-refractivity contribution in [3.8, 4) is 0 Å². The van der Waals surface area contributed by atoms with Crippen molar-refractivity contribution in [1.29, 1.82) is 0 Å². The molecule has 0 spiro atoms. The fraction of sp³-hybridized carbons (Fsp3) is 0.235. The van der Waals surface area contributed by atoms with E-state index in [2.05, 4.69) is 61.4 Å². The first-order valence-corrected chi connectivity index (χ1v) is 8.66. The number of carbonyl (C=O) groups is 1. The van der Waals surface area contributed by atoms with Crippen LogP contribution in [0.3, 0.4) is 0 Å². The maximum atomic E-state index is 12.1. The summed E-state index contributed by atoms with van der Waals surface area (Å²) in [7, 11) is 0. The average molecular weight is 409 g/mol. The van der Waals surface area contributed by atoms with Gasteiger partial charge in [-0.15, -0.1) is 0 Å². The lowest BCUT2D eigenvalue weighted by atomic mass is 9.97. The van der Waals surface area contributed by atoms with Crippen LogP contribution in [0.5, 0.6) is 0 Å². The predicted molar refractivity (Wildman–Crippen MR) is 92.0 cm³/mol. The summed E-state index contributed by atoms with van der Waals surface area (Å²) in [4.78, 5) is 12.2. The van der Waals surface area contributed by atoms with Crippen LogP contribution in [0.25, 0.3) is 0 Å². The lowest BCUT2D eigenvalue weighted by Crippen LogP contribution is -2.22. The molecule has 1 aliphatic rings. The van der Waals surface area contributed by atoms with Crippen LogP contribution in [0.4, 0.5) is 0 Å². The van der Waals surface area contributed by atoms with Gasteiger partial charge in [0.25, 0.3) is 5.91 Å². The van der Waals surface area contributed by atoms with Crippen LogP contribution in [0, 0.1) is 0 Å². The molecule has 2 aromatic carbocycles. The molecule has 1 heterocycles. The van der Waals surface area contributed by atoms with Crippen LogP contribution < -0.4 is 5.32 Å². The van der Waals surface area contributed by atoms with Crippen LogP contribution >= 0.6 is 31.9 Å². The Labute approximate surface area is 141 Å². The standard InChI is InChI=1S/C17H15Br2NO/c18-14-5-1-3-12(9-14)16(19)13-7-6-11-4-2-8-20-17(21)15(11)10-13/h1,3,5-7,9-10,16H,2,4,8H2,(H,20,21). The van der Waals surface area contributed by atoms with E-state index in [1.54, 1.807) is 0 Å². The molecule has 1 atom stereocenters. The van der Waals surface area contributed by atoms with E-state index >= 15 is 0 Å². The van der Waals surface area contributed by atoms with Gasteiger partial charge in [-0.05, 0) is 47.7 Å². The van der Waals surface area contributed by atoms with Gasteiger partial charge in [-0.3, -0.25) is 4.79 Å². The second-order valence-corrected chi connectivity index (χ2v) is 7.02. The highest BCUT2D eigenvalue weighted by Crippen LogP contribution is 2.33. The Balaban J connectivity index is 1.98. The summed E-state index contributed by atoms with van der Waals surface area (Å²) < 4.78 is 1.05. The molecule has 21 heavy (non-hydrogen) atoms. The lowest BCUT2D eigenvalue weighted by Gasteiger charge is -2.14. The first-order chi connectivity index (χ1) is 10.1. The van der Waals surface area contributed by atoms with Crippen LogP contribution in [0.2, 0.25) is 0 Å². The molecular weight excluding hydrogens is 394 g/mol. The molecule has 2 nitrogen and oxygen atoms in total. The third-order valence-corrected chi connectivity index (χ3v) is 5.27. The van der Waals surface area contributed by atoms with Crippen molar-refractivity contribution in [3.63, 3.8) is 0 Å². The summed E-state index contributed by atoms with van der Waals surface area (Å²) in [6, 6.07) is 14.4. The lowest BCUT2D eigenvalue weighted by molar-refractivity contribution is 0.0956. The number of carbonyl (C=O) groups excluding carboxylic acids is 1. The highest BCUT2D eigenvalue weighted by atomic mass is 79.9. The quantitative estimate of drug-likeness (QED) is 0.722. The Hall–Kier alpha value is -1.13. The van der Waals surface area contributed by atoms with Gasteiger partial charge in [-0.2, -0.15) is 0 Å². The monoisotopic (exact) mass is 407 g/mol. The third kappa shape index (κ3) is 3.22. The van der Waals surface area contributed by atoms with Crippen molar-refractivity contribution in [1.82, 2.24) is 5.32 Å². The van der Waals surface area contributed by atoms with Crippen LogP contribution in [0.1, 0.15) is 38.3 Å². The molecule has 0 aromatic heterocycles. The van der Waals surface area contributed by atoms with Gasteiger partial charge in [0, 0.05) is 16.6 Å². The van der Waals surface area contributed by atoms with Gasteiger partial charge in [0.1, 0.15) is 0 Å². The van der Waals surface area contributed by atoms with E-state index in [0.717, 1.165) is 40.5 Å². The zero-order valence-electron chi connectivity index (χ0n) is 11.4. The minimum absolute atomic E-state index is 0.0401. The number of alkyl halides is 1. The van der Waals surface area contributed by atoms with Crippen molar-refractivity contribution in [3.05, 3.63) is 69.2 Å². The molecule has 1 N–H and O–H groups in total. The van der Waals surface area contributed by atoms with Gasteiger partial charge >= 0.3 is 0 Å². The number of benzene rings is 2. The van der Waals surface area contributed by atoms with Gasteiger partial charge in [0.05, 0.1) is 4.83 Å². The van der Waals surface area contributed by atoms with E-state index < -0.39 is 0 Å². The average Bonchev–Trinajstić information content (AvgIpc) is 2.68. The summed E-state index contributed by atoms with van der Waals surface area (Å²) in [5, 5.41) is 2.95. The van der Waals surface area contributed by atoms with Crippen molar-refractivity contribution in [2.45, 2.75) is 17.7 Å². The molecule has 0 saturated heterocycles. The molecule has 1 unspecified atom stereocenters. The Kier molecular flexibility index (Phi) is 4.45. The SMILES string of the molecule is O=C1NCCCc2ccc(C(Br)c3cccc(Br)c3)cc21. The van der Waals surface area contributed by atoms with E-state index in [9.17, 15) is 4.79 Å². The van der Waals surface area contributed by atoms with Gasteiger partial charge in [0.2, 0.25) is 0 Å².